The standard InChI is InChI=1S/C16H22FNO2/c1-16(2,10-11-19)12-18-15(20)5-3-4-13-6-8-14(17)9-7-13/h3-4,6-9,19H,5,10-12H2,1-2H3,(H,18,20)/b4-3+. The van der Waals surface area contributed by atoms with Gasteiger partial charge in [0.15, 0.2) is 0 Å². The Morgan fingerprint density at radius 1 is 1.35 bits per heavy atom. The van der Waals surface area contributed by atoms with Crippen molar-refractivity contribution >= 4 is 12.0 Å². The molecule has 0 saturated heterocycles. The summed E-state index contributed by atoms with van der Waals surface area (Å²) in [6.07, 6.45) is 4.48. The lowest BCUT2D eigenvalue weighted by molar-refractivity contribution is -0.120. The summed E-state index contributed by atoms with van der Waals surface area (Å²) in [6.45, 7) is 4.65. The van der Waals surface area contributed by atoms with Crippen LogP contribution in [0.25, 0.3) is 6.08 Å². The average molecular weight is 279 g/mol. The van der Waals surface area contributed by atoms with Gasteiger partial charge < -0.3 is 10.4 Å². The van der Waals surface area contributed by atoms with Crippen LogP contribution in [0, 0.1) is 11.2 Å². The fraction of sp³-hybridized carbons (Fsp3) is 0.438. The Morgan fingerprint density at radius 3 is 2.60 bits per heavy atom. The lowest BCUT2D eigenvalue weighted by atomic mass is 9.90. The smallest absolute Gasteiger partial charge is 0.223 e. The molecular formula is C16H22FNO2. The summed E-state index contributed by atoms with van der Waals surface area (Å²) in [5.74, 6) is -0.333. The van der Waals surface area contributed by atoms with E-state index in [1.54, 1.807) is 24.3 Å². The number of rotatable bonds is 7. The van der Waals surface area contributed by atoms with Gasteiger partial charge in [-0.2, -0.15) is 0 Å². The number of halogens is 1. The molecule has 0 radical (unpaired) electrons. The van der Waals surface area contributed by atoms with Crippen molar-refractivity contribution in [3.8, 4) is 0 Å². The molecule has 0 spiro atoms. The SMILES string of the molecule is CC(C)(CCO)CNC(=O)C/C=C/c1ccc(F)cc1. The van der Waals surface area contributed by atoms with Crippen LogP contribution in [-0.4, -0.2) is 24.2 Å². The average Bonchev–Trinajstić information content (AvgIpc) is 2.39. The first kappa shape index (κ1) is 16.4. The molecule has 20 heavy (non-hydrogen) atoms. The zero-order valence-electron chi connectivity index (χ0n) is 12.0. The van der Waals surface area contributed by atoms with E-state index in [9.17, 15) is 9.18 Å². The molecule has 2 N–H and O–H groups in total. The summed E-state index contributed by atoms with van der Waals surface area (Å²) in [7, 11) is 0. The minimum atomic E-state index is -0.272. The first-order valence-electron chi connectivity index (χ1n) is 6.73. The molecule has 1 aromatic carbocycles. The highest BCUT2D eigenvalue weighted by Crippen LogP contribution is 2.17. The van der Waals surface area contributed by atoms with Crippen molar-refractivity contribution in [3.63, 3.8) is 0 Å². The van der Waals surface area contributed by atoms with Crippen LogP contribution in [-0.2, 0) is 4.79 Å². The van der Waals surface area contributed by atoms with Crippen LogP contribution < -0.4 is 5.32 Å². The topological polar surface area (TPSA) is 49.3 Å². The van der Waals surface area contributed by atoms with Crippen molar-refractivity contribution in [2.24, 2.45) is 5.41 Å². The molecular weight excluding hydrogens is 257 g/mol. The van der Waals surface area contributed by atoms with Gasteiger partial charge in [-0.1, -0.05) is 38.1 Å². The third-order valence-corrected chi connectivity index (χ3v) is 3.04. The molecule has 1 amide bonds. The molecule has 0 unspecified atom stereocenters. The number of hydrogen-bond donors (Lipinski definition) is 2. The van der Waals surface area contributed by atoms with E-state index in [-0.39, 0.29) is 30.2 Å². The molecule has 0 heterocycles. The number of amides is 1. The Balaban J connectivity index is 2.34. The number of nitrogens with one attached hydrogen (secondary N) is 1. The van der Waals surface area contributed by atoms with E-state index >= 15 is 0 Å². The zero-order valence-corrected chi connectivity index (χ0v) is 12.0. The lowest BCUT2D eigenvalue weighted by Gasteiger charge is -2.23. The van der Waals surface area contributed by atoms with Gasteiger partial charge in [0.25, 0.3) is 0 Å². The second kappa shape index (κ2) is 7.80. The van der Waals surface area contributed by atoms with Crippen LogP contribution in [0.4, 0.5) is 4.39 Å². The Hall–Kier alpha value is -1.68. The van der Waals surface area contributed by atoms with Gasteiger partial charge in [0.05, 0.1) is 0 Å². The summed E-state index contributed by atoms with van der Waals surface area (Å²) in [6, 6.07) is 6.09. The largest absolute Gasteiger partial charge is 0.396 e. The number of hydrogen-bond acceptors (Lipinski definition) is 2. The molecule has 0 fully saturated rings. The van der Waals surface area contributed by atoms with Gasteiger partial charge in [-0.15, -0.1) is 0 Å². The lowest BCUT2D eigenvalue weighted by Crippen LogP contribution is -2.34. The zero-order chi connectivity index (χ0) is 15.0. The summed E-state index contributed by atoms with van der Waals surface area (Å²) in [5, 5.41) is 11.7. The number of carbonyl (C=O) groups excluding carboxylic acids is 1. The molecule has 0 aliphatic heterocycles. The summed E-state index contributed by atoms with van der Waals surface area (Å²) >= 11 is 0. The minimum Gasteiger partial charge on any atom is -0.396 e. The van der Waals surface area contributed by atoms with Crippen molar-refractivity contribution < 1.29 is 14.3 Å². The highest BCUT2D eigenvalue weighted by Gasteiger charge is 2.17. The van der Waals surface area contributed by atoms with Gasteiger partial charge in [0.2, 0.25) is 5.91 Å². The molecule has 110 valence electrons. The second-order valence-corrected chi connectivity index (χ2v) is 5.57. The van der Waals surface area contributed by atoms with Gasteiger partial charge in [0, 0.05) is 19.6 Å². The van der Waals surface area contributed by atoms with Gasteiger partial charge in [-0.25, -0.2) is 4.39 Å². The molecule has 0 atom stereocenters. The van der Waals surface area contributed by atoms with E-state index in [4.69, 9.17) is 5.11 Å². The maximum atomic E-state index is 12.7. The van der Waals surface area contributed by atoms with E-state index in [0.717, 1.165) is 5.56 Å². The Bertz CT molecular complexity index is 452. The summed E-state index contributed by atoms with van der Waals surface area (Å²) in [4.78, 5) is 11.7. The van der Waals surface area contributed by atoms with Crippen LogP contribution in [0.2, 0.25) is 0 Å². The monoisotopic (exact) mass is 279 g/mol. The van der Waals surface area contributed by atoms with Crippen molar-refractivity contribution in [3.05, 3.63) is 41.7 Å². The molecule has 0 aliphatic rings. The Kier molecular flexibility index (Phi) is 6.39. The molecule has 0 saturated carbocycles. The minimum absolute atomic E-state index is 0.0608. The third-order valence-electron chi connectivity index (χ3n) is 3.04. The molecule has 4 heteroatoms. The molecule has 3 nitrogen and oxygen atoms in total. The molecule has 1 aromatic rings. The van der Waals surface area contributed by atoms with Gasteiger partial charge in [0.1, 0.15) is 5.82 Å². The van der Waals surface area contributed by atoms with Crippen molar-refractivity contribution in [2.75, 3.05) is 13.2 Å². The highest BCUT2D eigenvalue weighted by atomic mass is 19.1. The quantitative estimate of drug-likeness (QED) is 0.806. The molecule has 1 rings (SSSR count). The normalized spacial score (nSPS) is 11.8. The van der Waals surface area contributed by atoms with Crippen molar-refractivity contribution in [1.29, 1.82) is 0 Å². The maximum absolute atomic E-state index is 12.7. The van der Waals surface area contributed by atoms with Crippen LogP contribution in [0.3, 0.4) is 0 Å². The Labute approximate surface area is 119 Å². The first-order chi connectivity index (χ1) is 9.43. The van der Waals surface area contributed by atoms with Gasteiger partial charge >= 0.3 is 0 Å². The van der Waals surface area contributed by atoms with Gasteiger partial charge in [-0.3, -0.25) is 4.79 Å². The van der Waals surface area contributed by atoms with Gasteiger partial charge in [-0.05, 0) is 29.5 Å². The second-order valence-electron chi connectivity index (χ2n) is 5.57. The number of carbonyl (C=O) groups is 1. The fourth-order valence-corrected chi connectivity index (χ4v) is 1.68. The van der Waals surface area contributed by atoms with E-state index < -0.39 is 0 Å². The van der Waals surface area contributed by atoms with E-state index in [2.05, 4.69) is 5.32 Å². The molecule has 0 bridgehead atoms. The van der Waals surface area contributed by atoms with Crippen molar-refractivity contribution in [2.45, 2.75) is 26.7 Å². The van der Waals surface area contributed by atoms with E-state index in [1.807, 2.05) is 13.8 Å². The maximum Gasteiger partial charge on any atom is 0.223 e. The van der Waals surface area contributed by atoms with Crippen molar-refractivity contribution in [1.82, 2.24) is 5.32 Å². The number of aliphatic hydroxyl groups excluding tert-OH is 1. The highest BCUT2D eigenvalue weighted by molar-refractivity contribution is 5.78. The fourth-order valence-electron chi connectivity index (χ4n) is 1.68. The van der Waals surface area contributed by atoms with Crippen LogP contribution in [0.5, 0.6) is 0 Å². The summed E-state index contributed by atoms with van der Waals surface area (Å²) in [5.41, 5.74) is 0.755. The van der Waals surface area contributed by atoms with Crippen LogP contribution in [0.1, 0.15) is 32.3 Å². The molecule has 0 aromatic heterocycles. The van der Waals surface area contributed by atoms with E-state index in [1.165, 1.54) is 12.1 Å². The summed E-state index contributed by atoms with van der Waals surface area (Å²) < 4.78 is 12.7. The first-order valence-corrected chi connectivity index (χ1v) is 6.73. The van der Waals surface area contributed by atoms with E-state index in [0.29, 0.717) is 13.0 Å². The number of aliphatic hydroxyl groups is 1. The predicted molar refractivity (Wildman–Crippen MR) is 78.5 cm³/mol. The third kappa shape index (κ3) is 6.48. The Morgan fingerprint density at radius 2 is 2.00 bits per heavy atom. The van der Waals surface area contributed by atoms with Crippen LogP contribution in [0.15, 0.2) is 30.3 Å². The van der Waals surface area contributed by atoms with Crippen LogP contribution >= 0.6 is 0 Å². The molecule has 0 aliphatic carbocycles. The predicted octanol–water partition coefficient (Wildman–Crippen LogP) is 2.75. The number of benzene rings is 1.